The molecule has 140 valence electrons. The van der Waals surface area contributed by atoms with E-state index >= 15 is 0 Å². The third-order valence-corrected chi connectivity index (χ3v) is 4.80. The van der Waals surface area contributed by atoms with Crippen molar-refractivity contribution < 1.29 is 4.79 Å². The van der Waals surface area contributed by atoms with Gasteiger partial charge in [-0.25, -0.2) is 4.98 Å². The van der Waals surface area contributed by atoms with Crippen LogP contribution < -0.4 is 5.32 Å². The van der Waals surface area contributed by atoms with E-state index in [0.717, 1.165) is 22.0 Å². The Morgan fingerprint density at radius 1 is 1.11 bits per heavy atom. The van der Waals surface area contributed by atoms with Gasteiger partial charge in [-0.1, -0.05) is 65.7 Å². The number of benzene rings is 2. The average Bonchev–Trinajstić information content (AvgIpc) is 3.02. The van der Waals surface area contributed by atoms with Crippen LogP contribution in [0.4, 0.5) is 5.82 Å². The summed E-state index contributed by atoms with van der Waals surface area (Å²) in [5.74, 6) is 0.752. The quantitative estimate of drug-likeness (QED) is 0.501. The van der Waals surface area contributed by atoms with Gasteiger partial charge in [0.15, 0.2) is 5.82 Å². The van der Waals surface area contributed by atoms with Gasteiger partial charge >= 0.3 is 0 Å². The number of fused-ring (bicyclic) bond motifs is 1. The molecule has 2 heterocycles. The predicted octanol–water partition coefficient (Wildman–Crippen LogP) is 5.22. The molecule has 0 fully saturated rings. The fourth-order valence-corrected chi connectivity index (χ4v) is 3.58. The minimum atomic E-state index is -0.150. The largest absolute Gasteiger partial charge is 0.310 e. The van der Waals surface area contributed by atoms with Crippen molar-refractivity contribution in [2.45, 2.75) is 13.3 Å². The Hall–Kier alpha value is -2.89. The zero-order valence-corrected chi connectivity index (χ0v) is 16.5. The number of carbonyl (C=O) groups excluding carboxylic acids is 1. The highest BCUT2D eigenvalue weighted by Crippen LogP contribution is 2.25. The van der Waals surface area contributed by atoms with E-state index in [4.69, 9.17) is 23.2 Å². The lowest BCUT2D eigenvalue weighted by atomic mass is 10.0. The molecule has 28 heavy (non-hydrogen) atoms. The van der Waals surface area contributed by atoms with Crippen LogP contribution in [0.2, 0.25) is 10.0 Å². The number of amides is 1. The van der Waals surface area contributed by atoms with E-state index in [1.165, 1.54) is 10.9 Å². The summed E-state index contributed by atoms with van der Waals surface area (Å²) < 4.78 is 1.51. The fourth-order valence-electron chi connectivity index (χ4n) is 3.12. The smallest absolute Gasteiger partial charge is 0.229 e. The minimum absolute atomic E-state index is 0.150. The molecule has 1 N–H and O–H groups in total. The van der Waals surface area contributed by atoms with Crippen LogP contribution in [0.3, 0.4) is 0 Å². The van der Waals surface area contributed by atoms with Gasteiger partial charge in [0.25, 0.3) is 0 Å². The van der Waals surface area contributed by atoms with E-state index < -0.39 is 0 Å². The highest BCUT2D eigenvalue weighted by atomic mass is 35.5. The third kappa shape index (κ3) is 3.72. The van der Waals surface area contributed by atoms with E-state index in [1.54, 1.807) is 12.1 Å². The molecule has 4 rings (SSSR count). The Labute approximate surface area is 171 Å². The van der Waals surface area contributed by atoms with Gasteiger partial charge in [0.05, 0.1) is 22.2 Å². The highest BCUT2D eigenvalue weighted by molar-refractivity contribution is 6.35. The number of nitrogens with zero attached hydrogens (tertiary/aromatic N) is 3. The zero-order valence-electron chi connectivity index (χ0n) is 15.0. The summed E-state index contributed by atoms with van der Waals surface area (Å²) in [4.78, 5) is 17.0. The monoisotopic (exact) mass is 410 g/mol. The van der Waals surface area contributed by atoms with Gasteiger partial charge in [0, 0.05) is 12.3 Å². The summed E-state index contributed by atoms with van der Waals surface area (Å²) in [5, 5.41) is 10.3. The maximum absolute atomic E-state index is 12.7. The first kappa shape index (κ1) is 18.5. The zero-order chi connectivity index (χ0) is 19.7. The standard InChI is InChI=1S/C21H16Cl2N4O/c1-13-9-19(27(26-13)21-18(23)11-16(22)12-24-21)25-20(28)10-15-7-4-6-14-5-2-3-8-17(14)15/h2-9,11-12H,10H2,1H3,(H,25,28). The number of anilines is 1. The molecule has 0 spiro atoms. The number of halogens is 2. The normalized spacial score (nSPS) is 11.0. The fraction of sp³-hybridized carbons (Fsp3) is 0.0952. The van der Waals surface area contributed by atoms with Crippen LogP contribution in [0.1, 0.15) is 11.3 Å². The van der Waals surface area contributed by atoms with Crippen LogP contribution in [0, 0.1) is 6.92 Å². The number of carbonyl (C=O) groups is 1. The van der Waals surface area contributed by atoms with Crippen molar-refractivity contribution in [2.24, 2.45) is 0 Å². The van der Waals surface area contributed by atoms with Crippen molar-refractivity contribution in [3.63, 3.8) is 0 Å². The Kier molecular flexibility index (Phi) is 5.03. The Morgan fingerprint density at radius 3 is 2.71 bits per heavy atom. The highest BCUT2D eigenvalue weighted by Gasteiger charge is 2.15. The summed E-state index contributed by atoms with van der Waals surface area (Å²) in [6, 6.07) is 17.3. The van der Waals surface area contributed by atoms with Crippen molar-refractivity contribution in [2.75, 3.05) is 5.32 Å². The molecule has 0 atom stereocenters. The second-order valence-corrected chi connectivity index (χ2v) is 7.25. The van der Waals surface area contributed by atoms with E-state index in [1.807, 2.05) is 49.4 Å². The van der Waals surface area contributed by atoms with Crippen molar-refractivity contribution in [1.82, 2.24) is 14.8 Å². The molecular weight excluding hydrogens is 395 g/mol. The average molecular weight is 411 g/mol. The van der Waals surface area contributed by atoms with Gasteiger partial charge < -0.3 is 5.32 Å². The SMILES string of the molecule is Cc1cc(NC(=O)Cc2cccc3ccccc23)n(-c2ncc(Cl)cc2Cl)n1. The number of pyridine rings is 1. The molecule has 2 aromatic heterocycles. The number of hydrogen-bond donors (Lipinski definition) is 1. The van der Waals surface area contributed by atoms with Crippen LogP contribution in [0.25, 0.3) is 16.6 Å². The molecule has 0 aliphatic rings. The summed E-state index contributed by atoms with van der Waals surface area (Å²) in [7, 11) is 0. The van der Waals surface area contributed by atoms with E-state index in [0.29, 0.717) is 21.7 Å². The molecule has 1 amide bonds. The van der Waals surface area contributed by atoms with Crippen LogP contribution in [0.15, 0.2) is 60.8 Å². The van der Waals surface area contributed by atoms with Gasteiger partial charge in [-0.15, -0.1) is 0 Å². The van der Waals surface area contributed by atoms with Crippen LogP contribution in [-0.2, 0) is 11.2 Å². The summed E-state index contributed by atoms with van der Waals surface area (Å²) >= 11 is 12.2. The summed E-state index contributed by atoms with van der Waals surface area (Å²) in [6.07, 6.45) is 1.73. The first-order chi connectivity index (χ1) is 13.5. The molecule has 0 bridgehead atoms. The van der Waals surface area contributed by atoms with Crippen LogP contribution in [-0.4, -0.2) is 20.7 Å². The molecule has 0 unspecified atom stereocenters. The molecule has 0 radical (unpaired) electrons. The molecule has 7 heteroatoms. The van der Waals surface area contributed by atoms with Gasteiger partial charge in [-0.05, 0) is 29.3 Å². The number of nitrogens with one attached hydrogen (secondary N) is 1. The topological polar surface area (TPSA) is 59.8 Å². The second kappa shape index (κ2) is 7.62. The number of rotatable bonds is 4. The molecule has 0 aliphatic carbocycles. The van der Waals surface area contributed by atoms with Gasteiger partial charge in [-0.3, -0.25) is 4.79 Å². The van der Waals surface area contributed by atoms with E-state index in [2.05, 4.69) is 15.4 Å². The Bertz CT molecular complexity index is 1180. The lowest BCUT2D eigenvalue weighted by Gasteiger charge is -2.10. The summed E-state index contributed by atoms with van der Waals surface area (Å²) in [6.45, 7) is 1.83. The Morgan fingerprint density at radius 2 is 1.89 bits per heavy atom. The van der Waals surface area contributed by atoms with Crippen LogP contribution in [0.5, 0.6) is 0 Å². The molecule has 0 aliphatic heterocycles. The van der Waals surface area contributed by atoms with Gasteiger partial charge in [0.2, 0.25) is 5.91 Å². The van der Waals surface area contributed by atoms with Gasteiger partial charge in [0.1, 0.15) is 5.82 Å². The van der Waals surface area contributed by atoms with Crippen molar-refractivity contribution >= 4 is 45.7 Å². The van der Waals surface area contributed by atoms with Crippen molar-refractivity contribution in [1.29, 1.82) is 0 Å². The van der Waals surface area contributed by atoms with E-state index in [9.17, 15) is 4.79 Å². The molecule has 0 saturated heterocycles. The second-order valence-electron chi connectivity index (χ2n) is 6.40. The number of aromatic nitrogens is 3. The lowest BCUT2D eigenvalue weighted by molar-refractivity contribution is -0.115. The first-order valence-corrected chi connectivity index (χ1v) is 9.41. The lowest BCUT2D eigenvalue weighted by Crippen LogP contribution is -2.17. The third-order valence-electron chi connectivity index (χ3n) is 4.32. The first-order valence-electron chi connectivity index (χ1n) is 8.66. The molecule has 4 aromatic rings. The Balaban J connectivity index is 1.62. The van der Waals surface area contributed by atoms with Crippen LogP contribution >= 0.6 is 23.2 Å². The van der Waals surface area contributed by atoms with E-state index in [-0.39, 0.29) is 12.3 Å². The predicted molar refractivity (Wildman–Crippen MR) is 112 cm³/mol. The van der Waals surface area contributed by atoms with Crippen molar-refractivity contribution in [3.05, 3.63) is 82.1 Å². The van der Waals surface area contributed by atoms with Crippen molar-refractivity contribution in [3.8, 4) is 5.82 Å². The minimum Gasteiger partial charge on any atom is -0.310 e. The maximum atomic E-state index is 12.7. The number of aryl methyl sites for hydroxylation is 1. The molecular formula is C21H16Cl2N4O. The maximum Gasteiger partial charge on any atom is 0.229 e. The summed E-state index contributed by atoms with van der Waals surface area (Å²) in [5.41, 5.74) is 1.69. The molecule has 5 nitrogen and oxygen atoms in total. The van der Waals surface area contributed by atoms with Gasteiger partial charge in [-0.2, -0.15) is 9.78 Å². The molecule has 0 saturated carbocycles. The number of hydrogen-bond acceptors (Lipinski definition) is 3. The molecule has 2 aromatic carbocycles.